The number of alkyl carbamates (subject to hydrolysis) is 1. The number of amides is 2. The van der Waals surface area contributed by atoms with Crippen LogP contribution in [0.1, 0.15) is 83.7 Å². The molecule has 0 saturated carbocycles. The third kappa shape index (κ3) is 9.69. The molecule has 17 nitrogen and oxygen atoms in total. The summed E-state index contributed by atoms with van der Waals surface area (Å²) in [6.07, 6.45) is 2.32. The molecule has 2 amide bonds. The third-order valence-electron chi connectivity index (χ3n) is 12.8. The van der Waals surface area contributed by atoms with Crippen molar-refractivity contribution in [3.05, 3.63) is 99.6 Å². The van der Waals surface area contributed by atoms with Gasteiger partial charge in [-0.1, -0.05) is 58.1 Å². The van der Waals surface area contributed by atoms with Crippen LogP contribution in [0.2, 0.25) is 0 Å². The summed E-state index contributed by atoms with van der Waals surface area (Å²) in [5.74, 6) is -8.25. The number of carbonyl (C=O) groups excluding carboxylic acids is 5. The second-order valence-corrected chi connectivity index (χ2v) is 17.1. The Morgan fingerprint density at radius 3 is 2.23 bits per heavy atom. The SMILES string of the molecule is COc1ccc(CNC(=O)O[C@@H]2[C@H](C)[C@H](O)[C@H](C)[C@H](O)[C@H](C)/C=C/C=C(/C)C(=O)NC3=C(N4CCOCC4)C(=O)c4c(c(O)c(C)c5c4C(=O)[C@@](C)(O/C=C/[C@H](OC)[C@H]2C)O5)C3=O)cc1. The van der Waals surface area contributed by atoms with Crippen molar-refractivity contribution in [3.8, 4) is 17.2 Å². The van der Waals surface area contributed by atoms with E-state index in [1.807, 2.05) is 0 Å². The zero-order valence-corrected chi connectivity index (χ0v) is 38.1. The maximum Gasteiger partial charge on any atom is 0.407 e. The van der Waals surface area contributed by atoms with Crippen molar-refractivity contribution in [2.75, 3.05) is 40.5 Å². The summed E-state index contributed by atoms with van der Waals surface area (Å²) in [5.41, 5.74) is -0.777. The van der Waals surface area contributed by atoms with Gasteiger partial charge in [0.1, 0.15) is 34.7 Å². The number of aliphatic hydroxyl groups excluding tert-OH is 2. The topological polar surface area (TPSA) is 229 Å². The summed E-state index contributed by atoms with van der Waals surface area (Å²) in [6, 6.07) is 7.10. The number of nitrogens with zero attached hydrogens (tertiary/aromatic N) is 1. The maximum absolute atomic E-state index is 14.8. The van der Waals surface area contributed by atoms with E-state index in [0.29, 0.717) is 5.75 Å². The van der Waals surface area contributed by atoms with E-state index < -0.39 is 94.5 Å². The molecule has 5 N–H and O–H groups in total. The first kappa shape index (κ1) is 48.4. The van der Waals surface area contributed by atoms with Crippen LogP contribution in [0.25, 0.3) is 0 Å². The number of hydrogen-bond donors (Lipinski definition) is 5. The summed E-state index contributed by atoms with van der Waals surface area (Å²) in [6.45, 7) is 12.0. The number of nitrogens with one attached hydrogen (secondary N) is 2. The van der Waals surface area contributed by atoms with E-state index in [-0.39, 0.29) is 72.3 Å². The van der Waals surface area contributed by atoms with Gasteiger partial charge in [-0.15, -0.1) is 0 Å². The van der Waals surface area contributed by atoms with Crippen LogP contribution in [0, 0.1) is 30.6 Å². The average Bonchev–Trinajstić information content (AvgIpc) is 3.57. The number of benzene rings is 2. The lowest BCUT2D eigenvalue weighted by Crippen LogP contribution is -2.47. The predicted octanol–water partition coefficient (Wildman–Crippen LogP) is 4.66. The summed E-state index contributed by atoms with van der Waals surface area (Å²) in [4.78, 5) is 72.6. The first-order chi connectivity index (χ1) is 30.8. The van der Waals surface area contributed by atoms with Crippen LogP contribution in [0.4, 0.5) is 4.79 Å². The molecule has 0 aromatic heterocycles. The van der Waals surface area contributed by atoms with Crippen LogP contribution in [-0.4, -0.2) is 120 Å². The fourth-order valence-corrected chi connectivity index (χ4v) is 8.66. The molecule has 17 heteroatoms. The van der Waals surface area contributed by atoms with Gasteiger partial charge in [-0.25, -0.2) is 4.79 Å². The lowest BCUT2D eigenvalue weighted by atomic mass is 9.78. The highest BCUT2D eigenvalue weighted by Gasteiger charge is 2.53. The number of hydrogen-bond acceptors (Lipinski definition) is 15. The molecule has 350 valence electrons. The number of methoxy groups -OCH3 is 2. The number of ketones is 3. The number of phenols is 1. The van der Waals surface area contributed by atoms with Crippen LogP contribution in [-0.2, 0) is 30.3 Å². The standard InChI is InChI=1S/C48H59N3O14/c1-24-11-10-12-25(2)46(58)50-36-37(51-18-21-62-22-19-51)42(56)33-34(41(36)55)40(54)29(6)44-35(33)45(57)48(7,65-44)63-20-17-32(61-9)26(3)43(28(5)39(53)27(4)38(24)52)64-47(59)49-23-30-13-15-31(60-8)16-14-30/h10-17,20,24,26-28,32,38-39,43,52-54H,18-19,21-23H2,1-9H3,(H,49,59)(H,50,58)/b11-10+,20-17+,25-12-/t24-,26-,27-,28-,32+,38-,39-,43+,48+/m1/s1. The van der Waals surface area contributed by atoms with E-state index in [9.17, 15) is 39.3 Å². The number of fused-ring (bicyclic) bond motifs is 14. The molecule has 2 aromatic carbocycles. The zero-order chi connectivity index (χ0) is 47.5. The van der Waals surface area contributed by atoms with Crippen LogP contribution in [0.5, 0.6) is 17.2 Å². The minimum absolute atomic E-state index is 0.0106. The molecular weight excluding hydrogens is 843 g/mol. The Labute approximate surface area is 378 Å². The molecule has 4 heterocycles. The Balaban J connectivity index is 1.41. The van der Waals surface area contributed by atoms with Gasteiger partial charge in [0.2, 0.25) is 11.6 Å². The van der Waals surface area contributed by atoms with Crippen LogP contribution in [0.3, 0.4) is 0 Å². The first-order valence-corrected chi connectivity index (χ1v) is 21.6. The lowest BCUT2D eigenvalue weighted by molar-refractivity contribution is -0.116. The number of phenolic OH excluding ortho intramolecular Hbond substituents is 1. The molecule has 1 aliphatic carbocycles. The number of allylic oxidation sites excluding steroid dienone is 4. The van der Waals surface area contributed by atoms with E-state index >= 15 is 0 Å². The van der Waals surface area contributed by atoms with Crippen molar-refractivity contribution in [2.45, 2.75) is 85.2 Å². The molecule has 2 aromatic rings. The molecule has 7 rings (SSSR count). The quantitative estimate of drug-likeness (QED) is 0.266. The zero-order valence-electron chi connectivity index (χ0n) is 38.1. The van der Waals surface area contributed by atoms with Crippen LogP contribution in [0.15, 0.2) is 71.8 Å². The highest BCUT2D eigenvalue weighted by atomic mass is 16.7. The fourth-order valence-electron chi connectivity index (χ4n) is 8.66. The van der Waals surface area contributed by atoms with E-state index in [2.05, 4.69) is 10.6 Å². The summed E-state index contributed by atoms with van der Waals surface area (Å²) in [5, 5.41) is 40.3. The Hall–Kier alpha value is -6.01. The first-order valence-electron chi connectivity index (χ1n) is 21.6. The largest absolute Gasteiger partial charge is 0.507 e. The van der Waals surface area contributed by atoms with Gasteiger partial charge in [0.15, 0.2) is 0 Å². The fraction of sp³-hybridized carbons (Fsp3) is 0.479. The Morgan fingerprint density at radius 1 is 0.908 bits per heavy atom. The van der Waals surface area contributed by atoms with E-state index in [1.165, 1.54) is 46.3 Å². The molecule has 65 heavy (non-hydrogen) atoms. The van der Waals surface area contributed by atoms with E-state index in [0.717, 1.165) is 5.56 Å². The van der Waals surface area contributed by atoms with Gasteiger partial charge >= 0.3 is 11.9 Å². The molecule has 1 saturated heterocycles. The average molecular weight is 902 g/mol. The molecule has 0 unspecified atom stereocenters. The van der Waals surface area contributed by atoms with Crippen molar-refractivity contribution in [1.29, 1.82) is 0 Å². The summed E-state index contributed by atoms with van der Waals surface area (Å²) < 4.78 is 34.8. The second kappa shape index (κ2) is 20.0. The second-order valence-electron chi connectivity index (χ2n) is 17.1. The smallest absolute Gasteiger partial charge is 0.407 e. The number of morpholine rings is 1. The predicted molar refractivity (Wildman–Crippen MR) is 235 cm³/mol. The summed E-state index contributed by atoms with van der Waals surface area (Å²) >= 11 is 0. The molecule has 1 fully saturated rings. The number of aliphatic hydroxyl groups is 2. The van der Waals surface area contributed by atoms with Gasteiger partial charge in [-0.3, -0.25) is 19.2 Å². The number of ether oxygens (including phenoxy) is 6. The molecule has 5 aliphatic rings. The van der Waals surface area contributed by atoms with Gasteiger partial charge in [0.05, 0.1) is 61.6 Å². The molecular formula is C48H59N3O14. The Bertz CT molecular complexity index is 2310. The van der Waals surface area contributed by atoms with Gasteiger partial charge in [-0.05, 0) is 37.6 Å². The van der Waals surface area contributed by atoms with Crippen molar-refractivity contribution >= 4 is 29.4 Å². The lowest BCUT2D eigenvalue weighted by Gasteiger charge is -2.38. The van der Waals surface area contributed by atoms with Gasteiger partial charge in [-0.2, -0.15) is 0 Å². The van der Waals surface area contributed by atoms with Crippen molar-refractivity contribution in [2.24, 2.45) is 23.7 Å². The molecule has 9 atom stereocenters. The minimum atomic E-state index is -2.11. The summed E-state index contributed by atoms with van der Waals surface area (Å²) in [7, 11) is 2.97. The van der Waals surface area contributed by atoms with Crippen molar-refractivity contribution in [3.63, 3.8) is 0 Å². The van der Waals surface area contributed by atoms with Gasteiger partial charge < -0.3 is 59.3 Å². The van der Waals surface area contributed by atoms with Gasteiger partial charge in [0, 0.05) is 68.5 Å². The van der Waals surface area contributed by atoms with E-state index in [1.54, 1.807) is 76.1 Å². The van der Waals surface area contributed by atoms with Crippen molar-refractivity contribution in [1.82, 2.24) is 15.5 Å². The highest BCUT2D eigenvalue weighted by molar-refractivity contribution is 6.32. The third-order valence-corrected chi connectivity index (χ3v) is 12.8. The highest BCUT2D eigenvalue weighted by Crippen LogP contribution is 2.49. The number of aromatic hydroxyl groups is 1. The van der Waals surface area contributed by atoms with E-state index in [4.69, 9.17) is 28.4 Å². The molecule has 0 spiro atoms. The van der Waals surface area contributed by atoms with Gasteiger partial charge in [0.25, 0.3) is 11.7 Å². The molecule has 5 bridgehead atoms. The molecule has 4 aliphatic heterocycles. The molecule has 0 radical (unpaired) electrons. The van der Waals surface area contributed by atoms with Crippen molar-refractivity contribution < 1.29 is 67.7 Å². The van der Waals surface area contributed by atoms with Crippen LogP contribution < -0.4 is 20.1 Å². The number of rotatable bonds is 6. The number of Topliss-reactive ketones (excluding diaryl/α,β-unsaturated/α-hetero) is 3. The monoisotopic (exact) mass is 901 g/mol. The Kier molecular flexibility index (Phi) is 14.9. The maximum atomic E-state index is 14.8. The van der Waals surface area contributed by atoms with Crippen LogP contribution >= 0.6 is 0 Å². The normalized spacial score (nSPS) is 30.7. The number of carbonyl (C=O) groups is 5. The Morgan fingerprint density at radius 2 is 1.58 bits per heavy atom. The minimum Gasteiger partial charge on any atom is -0.507 e.